The Morgan fingerprint density at radius 3 is 2.85 bits per heavy atom. The molecule has 0 heterocycles. The average molecular weight is 361 g/mol. The van der Waals surface area contributed by atoms with Gasteiger partial charge in [-0.15, -0.1) is 0 Å². The minimum atomic E-state index is -0.440. The lowest BCUT2D eigenvalue weighted by atomic mass is 9.96. The molecule has 0 radical (unpaired) electrons. The molecule has 2 unspecified atom stereocenters. The van der Waals surface area contributed by atoms with Crippen LogP contribution in [0.4, 0.5) is 0 Å². The first-order chi connectivity index (χ1) is 12.6. The summed E-state index contributed by atoms with van der Waals surface area (Å²) in [6.45, 7) is 2.06. The van der Waals surface area contributed by atoms with Crippen LogP contribution in [-0.2, 0) is 4.79 Å². The Bertz CT molecular complexity index is 576. The van der Waals surface area contributed by atoms with Crippen LogP contribution in [0.5, 0.6) is 0 Å². The molecule has 6 heteroatoms. The maximum absolute atomic E-state index is 12.0. The highest BCUT2D eigenvalue weighted by atomic mass is 16.3. The zero-order valence-electron chi connectivity index (χ0n) is 15.6. The molecule has 1 rings (SSSR count). The van der Waals surface area contributed by atoms with Crippen molar-refractivity contribution < 1.29 is 9.90 Å². The standard InChI is InChI=1S/C20H32N4O2/c1-2-3-6-10-17(25)13-14-18-16(12-15-19(18)26)9-7-4-5-8-11-20(23-21)24-22/h3-4,6-7,12,14-17,25H,2,5,8-11,13,21-22H2,1H3,(H,23,24)/b6-3-,7-4-,18-14+. The minimum absolute atomic E-state index is 0.0533. The molecular formula is C20H32N4O2. The zero-order chi connectivity index (χ0) is 19.2. The van der Waals surface area contributed by atoms with Gasteiger partial charge in [-0.25, -0.2) is 5.84 Å². The van der Waals surface area contributed by atoms with Crippen molar-refractivity contribution in [3.05, 3.63) is 48.1 Å². The van der Waals surface area contributed by atoms with Gasteiger partial charge < -0.3 is 16.4 Å². The van der Waals surface area contributed by atoms with E-state index in [1.807, 2.05) is 24.3 Å². The van der Waals surface area contributed by atoms with Crippen molar-refractivity contribution in [2.75, 3.05) is 0 Å². The van der Waals surface area contributed by atoms with Crippen molar-refractivity contribution >= 4 is 11.6 Å². The van der Waals surface area contributed by atoms with E-state index in [1.165, 1.54) is 0 Å². The van der Waals surface area contributed by atoms with E-state index >= 15 is 0 Å². The number of hydrogen-bond acceptors (Lipinski definition) is 5. The number of nitrogens with zero attached hydrogens (tertiary/aromatic N) is 1. The molecule has 6 nitrogen and oxygen atoms in total. The Morgan fingerprint density at radius 1 is 1.35 bits per heavy atom. The third-order valence-electron chi connectivity index (χ3n) is 4.25. The Hall–Kier alpha value is -2.18. The van der Waals surface area contributed by atoms with Gasteiger partial charge in [0.05, 0.1) is 6.10 Å². The van der Waals surface area contributed by atoms with Gasteiger partial charge in [-0.2, -0.15) is 5.10 Å². The Labute approximate surface area is 156 Å². The van der Waals surface area contributed by atoms with E-state index in [2.05, 4.69) is 29.6 Å². The van der Waals surface area contributed by atoms with Crippen LogP contribution < -0.4 is 17.1 Å². The lowest BCUT2D eigenvalue weighted by Crippen LogP contribution is -2.31. The van der Waals surface area contributed by atoms with Gasteiger partial charge in [0.1, 0.15) is 5.84 Å². The molecule has 144 valence electrons. The minimum Gasteiger partial charge on any atom is -0.392 e. The van der Waals surface area contributed by atoms with Crippen LogP contribution in [0.2, 0.25) is 0 Å². The fourth-order valence-electron chi connectivity index (χ4n) is 2.74. The summed E-state index contributed by atoms with van der Waals surface area (Å²) in [4.78, 5) is 12.0. The highest BCUT2D eigenvalue weighted by Crippen LogP contribution is 2.26. The lowest BCUT2D eigenvalue weighted by Gasteiger charge is -2.10. The summed E-state index contributed by atoms with van der Waals surface area (Å²) in [5.41, 5.74) is 3.25. The number of rotatable bonds is 11. The average Bonchev–Trinajstić information content (AvgIpc) is 2.99. The number of carbonyl (C=O) groups is 1. The van der Waals surface area contributed by atoms with E-state index < -0.39 is 6.10 Å². The molecule has 0 saturated heterocycles. The van der Waals surface area contributed by atoms with Crippen molar-refractivity contribution in [3.63, 3.8) is 0 Å². The summed E-state index contributed by atoms with van der Waals surface area (Å²) in [6, 6.07) is 0. The maximum Gasteiger partial charge on any atom is 0.181 e. The summed E-state index contributed by atoms with van der Waals surface area (Å²) in [6.07, 6.45) is 18.6. The number of ketones is 1. The fourth-order valence-corrected chi connectivity index (χ4v) is 2.74. The number of nitrogens with two attached hydrogens (primary N) is 2. The quantitative estimate of drug-likeness (QED) is 0.0860. The molecule has 1 aliphatic rings. The molecule has 0 fully saturated rings. The molecule has 26 heavy (non-hydrogen) atoms. The van der Waals surface area contributed by atoms with Crippen LogP contribution in [-0.4, -0.2) is 22.8 Å². The number of carbonyl (C=O) groups excluding carboxylic acids is 1. The molecule has 0 saturated carbocycles. The zero-order valence-corrected chi connectivity index (χ0v) is 15.6. The number of allylic oxidation sites excluding steroid dienone is 6. The summed E-state index contributed by atoms with van der Waals surface area (Å²) in [5, 5.41) is 13.5. The van der Waals surface area contributed by atoms with Crippen LogP contribution >= 0.6 is 0 Å². The number of hydrazine groups is 1. The van der Waals surface area contributed by atoms with E-state index in [9.17, 15) is 9.90 Å². The molecule has 0 aromatic carbocycles. The van der Waals surface area contributed by atoms with Crippen molar-refractivity contribution in [2.24, 2.45) is 22.7 Å². The summed E-state index contributed by atoms with van der Waals surface area (Å²) < 4.78 is 0. The van der Waals surface area contributed by atoms with Crippen LogP contribution in [0.3, 0.4) is 0 Å². The Morgan fingerprint density at radius 2 is 2.15 bits per heavy atom. The number of amidine groups is 1. The van der Waals surface area contributed by atoms with E-state index in [-0.39, 0.29) is 11.7 Å². The van der Waals surface area contributed by atoms with Crippen LogP contribution in [0.15, 0.2) is 53.2 Å². The predicted molar refractivity (Wildman–Crippen MR) is 107 cm³/mol. The summed E-state index contributed by atoms with van der Waals surface area (Å²) in [5.74, 6) is 11.2. The molecule has 6 N–H and O–H groups in total. The highest BCUT2D eigenvalue weighted by molar-refractivity contribution is 6.07. The maximum atomic E-state index is 12.0. The lowest BCUT2D eigenvalue weighted by molar-refractivity contribution is -0.111. The monoisotopic (exact) mass is 360 g/mol. The Balaban J connectivity index is 2.41. The number of aliphatic hydroxyl groups excluding tert-OH is 1. The number of unbranched alkanes of at least 4 members (excludes halogenated alkanes) is 1. The molecule has 1 aliphatic carbocycles. The van der Waals surface area contributed by atoms with Crippen molar-refractivity contribution in [3.8, 4) is 0 Å². The first kappa shape index (κ1) is 21.9. The number of hydrazone groups is 1. The normalized spacial score (nSPS) is 20.7. The van der Waals surface area contributed by atoms with Gasteiger partial charge in [-0.1, -0.05) is 43.4 Å². The first-order valence-corrected chi connectivity index (χ1v) is 9.26. The molecule has 0 bridgehead atoms. The smallest absolute Gasteiger partial charge is 0.181 e. The van der Waals surface area contributed by atoms with Crippen molar-refractivity contribution in [1.29, 1.82) is 0 Å². The second-order valence-corrected chi connectivity index (χ2v) is 6.31. The topological polar surface area (TPSA) is 114 Å². The third-order valence-corrected chi connectivity index (χ3v) is 4.25. The van der Waals surface area contributed by atoms with E-state index in [0.29, 0.717) is 25.1 Å². The van der Waals surface area contributed by atoms with E-state index in [0.717, 1.165) is 31.3 Å². The number of hydrogen-bond donors (Lipinski definition) is 4. The number of aliphatic hydroxyl groups is 1. The van der Waals surface area contributed by atoms with Gasteiger partial charge in [0.15, 0.2) is 5.78 Å². The fraction of sp³-hybridized carbons (Fsp3) is 0.500. The number of nitrogens with one attached hydrogen (secondary N) is 1. The van der Waals surface area contributed by atoms with Gasteiger partial charge in [-0.3, -0.25) is 4.79 Å². The van der Waals surface area contributed by atoms with E-state index in [1.54, 1.807) is 6.08 Å². The molecule has 2 atom stereocenters. The SMILES string of the molecule is CC/C=C\CC(O)C/C=C1/C(=O)C=CC1C/C=C\CCC/C(=N/N)NN. The largest absolute Gasteiger partial charge is 0.392 e. The highest BCUT2D eigenvalue weighted by Gasteiger charge is 2.21. The van der Waals surface area contributed by atoms with Gasteiger partial charge in [0.25, 0.3) is 0 Å². The summed E-state index contributed by atoms with van der Waals surface area (Å²) >= 11 is 0. The Kier molecular flexibility index (Phi) is 11.0. The first-order valence-electron chi connectivity index (χ1n) is 9.26. The second-order valence-electron chi connectivity index (χ2n) is 6.31. The van der Waals surface area contributed by atoms with Crippen LogP contribution in [0.25, 0.3) is 0 Å². The second kappa shape index (κ2) is 13.1. The molecule has 0 aromatic rings. The van der Waals surface area contributed by atoms with Gasteiger partial charge >= 0.3 is 0 Å². The van der Waals surface area contributed by atoms with Gasteiger partial charge in [-0.05, 0) is 44.6 Å². The van der Waals surface area contributed by atoms with Crippen molar-refractivity contribution in [1.82, 2.24) is 5.43 Å². The molecule has 0 aromatic heterocycles. The van der Waals surface area contributed by atoms with Crippen molar-refractivity contribution in [2.45, 2.75) is 58.0 Å². The molecule has 0 aliphatic heterocycles. The molecule has 0 amide bonds. The predicted octanol–water partition coefficient (Wildman–Crippen LogP) is 2.63. The van der Waals surface area contributed by atoms with E-state index in [4.69, 9.17) is 11.7 Å². The van der Waals surface area contributed by atoms with Crippen LogP contribution in [0.1, 0.15) is 51.9 Å². The molecular weight excluding hydrogens is 328 g/mol. The third kappa shape index (κ3) is 8.27. The van der Waals surface area contributed by atoms with Gasteiger partial charge in [0, 0.05) is 17.9 Å². The molecule has 0 spiro atoms. The van der Waals surface area contributed by atoms with Crippen LogP contribution in [0, 0.1) is 5.92 Å². The van der Waals surface area contributed by atoms with Gasteiger partial charge in [0.2, 0.25) is 0 Å². The summed E-state index contributed by atoms with van der Waals surface area (Å²) in [7, 11) is 0.